The standard InChI is InChI=1S/C13H17BrFNO4S/c1-8(2)5-9(13(17)18)7-16-21(19,20)12-6-10(14)3-4-11(12)15/h3-4,6,8-9,16H,5,7H2,1-2H3,(H,17,18). The first-order valence-electron chi connectivity index (χ1n) is 6.31. The highest BCUT2D eigenvalue weighted by Crippen LogP contribution is 2.20. The van der Waals surface area contributed by atoms with Crippen LogP contribution >= 0.6 is 15.9 Å². The number of hydrogen-bond donors (Lipinski definition) is 2. The van der Waals surface area contributed by atoms with Crippen molar-refractivity contribution < 1.29 is 22.7 Å². The Morgan fingerprint density at radius 3 is 2.57 bits per heavy atom. The Bertz CT molecular complexity index is 619. The summed E-state index contributed by atoms with van der Waals surface area (Å²) in [7, 11) is -4.10. The lowest BCUT2D eigenvalue weighted by Crippen LogP contribution is -2.34. The maximum atomic E-state index is 13.6. The highest BCUT2D eigenvalue weighted by Gasteiger charge is 2.24. The Morgan fingerprint density at radius 1 is 1.43 bits per heavy atom. The number of carboxylic acids is 1. The molecule has 0 fully saturated rings. The van der Waals surface area contributed by atoms with Crippen molar-refractivity contribution in [3.05, 3.63) is 28.5 Å². The Balaban J connectivity index is 2.89. The molecule has 1 aromatic carbocycles. The van der Waals surface area contributed by atoms with Crippen LogP contribution in [0.25, 0.3) is 0 Å². The fourth-order valence-electron chi connectivity index (χ4n) is 1.81. The molecule has 0 bridgehead atoms. The van der Waals surface area contributed by atoms with E-state index in [1.807, 2.05) is 13.8 Å². The SMILES string of the molecule is CC(C)CC(CNS(=O)(=O)c1cc(Br)ccc1F)C(=O)O. The number of benzene rings is 1. The highest BCUT2D eigenvalue weighted by molar-refractivity contribution is 9.10. The van der Waals surface area contributed by atoms with E-state index in [0.29, 0.717) is 10.9 Å². The second-order valence-corrected chi connectivity index (χ2v) is 7.74. The van der Waals surface area contributed by atoms with Crippen LogP contribution in [-0.4, -0.2) is 26.0 Å². The van der Waals surface area contributed by atoms with Crippen LogP contribution in [0.5, 0.6) is 0 Å². The van der Waals surface area contributed by atoms with Crippen LogP contribution in [0, 0.1) is 17.7 Å². The lowest BCUT2D eigenvalue weighted by molar-refractivity contribution is -0.142. The summed E-state index contributed by atoms with van der Waals surface area (Å²) in [5, 5.41) is 9.07. The van der Waals surface area contributed by atoms with Gasteiger partial charge in [-0.15, -0.1) is 0 Å². The number of carbonyl (C=O) groups is 1. The minimum absolute atomic E-state index is 0.109. The van der Waals surface area contributed by atoms with Gasteiger partial charge in [0.05, 0.1) is 5.92 Å². The van der Waals surface area contributed by atoms with Crippen LogP contribution in [0.2, 0.25) is 0 Å². The first-order chi connectivity index (χ1) is 9.63. The van der Waals surface area contributed by atoms with Crippen molar-refractivity contribution in [3.8, 4) is 0 Å². The molecule has 0 aliphatic heterocycles. The van der Waals surface area contributed by atoms with Crippen LogP contribution in [-0.2, 0) is 14.8 Å². The maximum absolute atomic E-state index is 13.6. The third-order valence-electron chi connectivity index (χ3n) is 2.81. The lowest BCUT2D eigenvalue weighted by Gasteiger charge is -2.15. The maximum Gasteiger partial charge on any atom is 0.307 e. The number of nitrogens with one attached hydrogen (secondary N) is 1. The first kappa shape index (κ1) is 18.1. The summed E-state index contributed by atoms with van der Waals surface area (Å²) in [6, 6.07) is 3.55. The largest absolute Gasteiger partial charge is 0.481 e. The van der Waals surface area contributed by atoms with Crippen molar-refractivity contribution in [2.24, 2.45) is 11.8 Å². The Hall–Kier alpha value is -0.990. The molecule has 0 saturated heterocycles. The summed E-state index contributed by atoms with van der Waals surface area (Å²) in [5.74, 6) is -2.71. The molecule has 0 saturated carbocycles. The van der Waals surface area contributed by atoms with Gasteiger partial charge in [-0.1, -0.05) is 29.8 Å². The molecular weight excluding hydrogens is 365 g/mol. The predicted molar refractivity (Wildman–Crippen MR) is 79.9 cm³/mol. The zero-order chi connectivity index (χ0) is 16.2. The summed E-state index contributed by atoms with van der Waals surface area (Å²) in [5.41, 5.74) is 0. The van der Waals surface area contributed by atoms with Gasteiger partial charge in [0.15, 0.2) is 0 Å². The fraction of sp³-hybridized carbons (Fsp3) is 0.462. The normalized spacial score (nSPS) is 13.4. The zero-order valence-corrected chi connectivity index (χ0v) is 14.0. The second kappa shape index (κ2) is 7.33. The monoisotopic (exact) mass is 381 g/mol. The molecule has 5 nitrogen and oxygen atoms in total. The molecular formula is C13H17BrFNO4S. The molecule has 0 aromatic heterocycles. The number of halogens is 2. The van der Waals surface area contributed by atoms with Crippen LogP contribution in [0.4, 0.5) is 4.39 Å². The Morgan fingerprint density at radius 2 is 2.05 bits per heavy atom. The highest BCUT2D eigenvalue weighted by atomic mass is 79.9. The molecule has 2 N–H and O–H groups in total. The van der Waals surface area contributed by atoms with E-state index >= 15 is 0 Å². The molecule has 0 spiro atoms. The van der Waals surface area contributed by atoms with Gasteiger partial charge in [-0.2, -0.15) is 0 Å². The van der Waals surface area contributed by atoms with E-state index in [0.717, 1.165) is 12.1 Å². The average Bonchev–Trinajstić information content (AvgIpc) is 2.36. The number of sulfonamides is 1. The van der Waals surface area contributed by atoms with Crippen molar-refractivity contribution in [2.75, 3.05) is 6.54 Å². The summed E-state index contributed by atoms with van der Waals surface area (Å²) in [6.45, 7) is 3.42. The number of hydrogen-bond acceptors (Lipinski definition) is 3. The van der Waals surface area contributed by atoms with Crippen molar-refractivity contribution in [3.63, 3.8) is 0 Å². The van der Waals surface area contributed by atoms with Crippen molar-refractivity contribution in [1.82, 2.24) is 4.72 Å². The molecule has 1 atom stereocenters. The van der Waals surface area contributed by atoms with E-state index in [4.69, 9.17) is 5.11 Å². The number of aliphatic carboxylic acids is 1. The van der Waals surface area contributed by atoms with Gasteiger partial charge in [0.1, 0.15) is 10.7 Å². The number of rotatable bonds is 7. The summed E-state index contributed by atoms with van der Waals surface area (Å²) in [4.78, 5) is 10.6. The summed E-state index contributed by atoms with van der Waals surface area (Å²) < 4.78 is 40.3. The van der Waals surface area contributed by atoms with Gasteiger partial charge in [0, 0.05) is 11.0 Å². The molecule has 21 heavy (non-hydrogen) atoms. The van der Waals surface area contributed by atoms with Crippen molar-refractivity contribution in [2.45, 2.75) is 25.2 Å². The molecule has 1 rings (SSSR count). The molecule has 1 unspecified atom stereocenters. The van der Waals surface area contributed by atoms with Gasteiger partial charge < -0.3 is 5.11 Å². The van der Waals surface area contributed by atoms with Crippen LogP contribution in [0.15, 0.2) is 27.6 Å². The third kappa shape index (κ3) is 5.37. The Labute approximate surface area is 131 Å². The van der Waals surface area contributed by atoms with E-state index in [2.05, 4.69) is 20.7 Å². The molecule has 0 heterocycles. The van der Waals surface area contributed by atoms with Gasteiger partial charge >= 0.3 is 5.97 Å². The Kier molecular flexibility index (Phi) is 6.30. The molecule has 0 aliphatic carbocycles. The summed E-state index contributed by atoms with van der Waals surface area (Å²) in [6.07, 6.45) is 0.332. The molecule has 8 heteroatoms. The van der Waals surface area contributed by atoms with Gasteiger partial charge in [-0.3, -0.25) is 4.79 Å². The topological polar surface area (TPSA) is 83.5 Å². The smallest absolute Gasteiger partial charge is 0.307 e. The predicted octanol–water partition coefficient (Wildman–Crippen LogP) is 2.61. The van der Waals surface area contributed by atoms with Crippen LogP contribution in [0.1, 0.15) is 20.3 Å². The van der Waals surface area contributed by atoms with E-state index in [1.165, 1.54) is 6.07 Å². The van der Waals surface area contributed by atoms with Gasteiger partial charge in [-0.25, -0.2) is 17.5 Å². The fourth-order valence-corrected chi connectivity index (χ4v) is 3.51. The minimum Gasteiger partial charge on any atom is -0.481 e. The second-order valence-electron chi connectivity index (χ2n) is 5.09. The van der Waals surface area contributed by atoms with Gasteiger partial charge in [0.25, 0.3) is 0 Å². The van der Waals surface area contributed by atoms with Gasteiger partial charge in [-0.05, 0) is 30.5 Å². The van der Waals surface area contributed by atoms with E-state index in [1.54, 1.807) is 0 Å². The minimum atomic E-state index is -4.10. The van der Waals surface area contributed by atoms with Crippen molar-refractivity contribution in [1.29, 1.82) is 0 Å². The molecule has 1 aromatic rings. The third-order valence-corrected chi connectivity index (χ3v) is 4.74. The van der Waals surface area contributed by atoms with Crippen molar-refractivity contribution >= 4 is 31.9 Å². The lowest BCUT2D eigenvalue weighted by atomic mass is 9.98. The molecule has 0 amide bonds. The zero-order valence-electron chi connectivity index (χ0n) is 11.6. The van der Waals surface area contributed by atoms with E-state index in [9.17, 15) is 17.6 Å². The molecule has 0 aliphatic rings. The van der Waals surface area contributed by atoms with E-state index in [-0.39, 0.29) is 12.5 Å². The first-order valence-corrected chi connectivity index (χ1v) is 8.58. The molecule has 0 radical (unpaired) electrons. The van der Waals surface area contributed by atoms with Crippen LogP contribution in [0.3, 0.4) is 0 Å². The average molecular weight is 382 g/mol. The number of carboxylic acid groups (broad SMARTS) is 1. The van der Waals surface area contributed by atoms with Gasteiger partial charge in [0.2, 0.25) is 10.0 Å². The quantitative estimate of drug-likeness (QED) is 0.760. The van der Waals surface area contributed by atoms with E-state index < -0.39 is 32.6 Å². The summed E-state index contributed by atoms with van der Waals surface area (Å²) >= 11 is 3.07. The van der Waals surface area contributed by atoms with Crippen LogP contribution < -0.4 is 4.72 Å². The molecule has 118 valence electrons.